The highest BCUT2D eigenvalue weighted by atomic mass is 15.1. The third kappa shape index (κ3) is 2.89. The lowest BCUT2D eigenvalue weighted by atomic mass is 10.4. The van der Waals surface area contributed by atoms with Crippen LogP contribution in [0.5, 0.6) is 0 Å². The maximum Gasteiger partial charge on any atom is 0.225 e. The van der Waals surface area contributed by atoms with Crippen molar-refractivity contribution in [1.82, 2.24) is 9.97 Å². The average molecular weight is 180 g/mol. The second-order valence-corrected chi connectivity index (χ2v) is 3.27. The molecule has 2 N–H and O–H groups in total. The molecular formula is C9H16N4. The highest BCUT2D eigenvalue weighted by molar-refractivity contribution is 5.41. The molecule has 0 fully saturated rings. The zero-order chi connectivity index (χ0) is 9.84. The maximum atomic E-state index is 4.26. The fourth-order valence-electron chi connectivity index (χ4n) is 1.02. The number of hydrogen-bond acceptors (Lipinski definition) is 4. The van der Waals surface area contributed by atoms with Gasteiger partial charge in [-0.3, -0.25) is 0 Å². The van der Waals surface area contributed by atoms with Gasteiger partial charge < -0.3 is 10.6 Å². The molecule has 0 amide bonds. The van der Waals surface area contributed by atoms with Crippen molar-refractivity contribution >= 4 is 11.8 Å². The van der Waals surface area contributed by atoms with E-state index in [0.717, 1.165) is 11.5 Å². The zero-order valence-corrected chi connectivity index (χ0v) is 8.55. The number of hydrogen-bond donors (Lipinski definition) is 2. The Labute approximate surface area is 78.8 Å². The van der Waals surface area contributed by atoms with Gasteiger partial charge in [-0.25, -0.2) is 4.98 Å². The second kappa shape index (κ2) is 4.07. The van der Waals surface area contributed by atoms with E-state index in [-0.39, 0.29) is 0 Å². The number of nitrogens with one attached hydrogen (secondary N) is 2. The minimum atomic E-state index is 0.353. The Morgan fingerprint density at radius 2 is 2.00 bits per heavy atom. The van der Waals surface area contributed by atoms with Crippen LogP contribution in [0.2, 0.25) is 0 Å². The number of rotatable bonds is 3. The van der Waals surface area contributed by atoms with Crippen LogP contribution in [0.1, 0.15) is 19.5 Å². The summed E-state index contributed by atoms with van der Waals surface area (Å²) in [6.45, 7) is 6.07. The number of nitrogens with zero attached hydrogens (tertiary/aromatic N) is 2. The SMILES string of the molecule is CNc1cc(C)nc(NC(C)C)n1. The van der Waals surface area contributed by atoms with Gasteiger partial charge in [0.05, 0.1) is 0 Å². The Morgan fingerprint density at radius 3 is 2.54 bits per heavy atom. The normalized spacial score (nSPS) is 10.2. The van der Waals surface area contributed by atoms with Crippen molar-refractivity contribution in [2.75, 3.05) is 17.7 Å². The quantitative estimate of drug-likeness (QED) is 0.742. The van der Waals surface area contributed by atoms with E-state index in [9.17, 15) is 0 Å². The van der Waals surface area contributed by atoms with E-state index in [1.54, 1.807) is 0 Å². The third-order valence-corrected chi connectivity index (χ3v) is 1.53. The Morgan fingerprint density at radius 1 is 1.31 bits per heavy atom. The lowest BCUT2D eigenvalue weighted by Gasteiger charge is -2.09. The molecule has 0 atom stereocenters. The van der Waals surface area contributed by atoms with Gasteiger partial charge >= 0.3 is 0 Å². The summed E-state index contributed by atoms with van der Waals surface area (Å²) in [4.78, 5) is 8.52. The summed E-state index contributed by atoms with van der Waals surface area (Å²) in [6, 6.07) is 2.26. The van der Waals surface area contributed by atoms with Crippen LogP contribution in [-0.4, -0.2) is 23.1 Å². The molecular weight excluding hydrogens is 164 g/mol. The van der Waals surface area contributed by atoms with E-state index in [0.29, 0.717) is 12.0 Å². The lowest BCUT2D eigenvalue weighted by Crippen LogP contribution is -2.13. The van der Waals surface area contributed by atoms with E-state index >= 15 is 0 Å². The molecule has 72 valence electrons. The molecule has 4 heteroatoms. The molecule has 0 aliphatic rings. The predicted octanol–water partition coefficient (Wildman–Crippen LogP) is 1.65. The molecule has 0 bridgehead atoms. The van der Waals surface area contributed by atoms with Crippen LogP contribution < -0.4 is 10.6 Å². The molecule has 13 heavy (non-hydrogen) atoms. The maximum absolute atomic E-state index is 4.26. The molecule has 1 rings (SSSR count). The Bertz CT molecular complexity index is 283. The lowest BCUT2D eigenvalue weighted by molar-refractivity contribution is 0.871. The first-order chi connectivity index (χ1) is 6.11. The van der Waals surface area contributed by atoms with Crippen LogP contribution in [0, 0.1) is 6.92 Å². The smallest absolute Gasteiger partial charge is 0.225 e. The van der Waals surface area contributed by atoms with Gasteiger partial charge in [0.15, 0.2) is 0 Å². The van der Waals surface area contributed by atoms with Gasteiger partial charge in [0.25, 0.3) is 0 Å². The van der Waals surface area contributed by atoms with Crippen molar-refractivity contribution in [2.24, 2.45) is 0 Å². The van der Waals surface area contributed by atoms with Gasteiger partial charge in [-0.2, -0.15) is 4.98 Å². The van der Waals surface area contributed by atoms with E-state index in [2.05, 4.69) is 34.4 Å². The zero-order valence-electron chi connectivity index (χ0n) is 8.55. The Balaban J connectivity index is 2.88. The van der Waals surface area contributed by atoms with E-state index in [1.807, 2.05) is 20.0 Å². The van der Waals surface area contributed by atoms with Gasteiger partial charge in [-0.15, -0.1) is 0 Å². The van der Waals surface area contributed by atoms with Crippen molar-refractivity contribution in [3.8, 4) is 0 Å². The molecule has 1 aromatic heterocycles. The van der Waals surface area contributed by atoms with Gasteiger partial charge in [0, 0.05) is 24.8 Å². The predicted molar refractivity (Wildman–Crippen MR) is 55.1 cm³/mol. The number of aryl methyl sites for hydroxylation is 1. The summed E-state index contributed by atoms with van der Waals surface area (Å²) in [5.74, 6) is 1.52. The van der Waals surface area contributed by atoms with Crippen molar-refractivity contribution in [1.29, 1.82) is 0 Å². The van der Waals surface area contributed by atoms with Crippen molar-refractivity contribution in [3.63, 3.8) is 0 Å². The first kappa shape index (κ1) is 9.77. The molecule has 0 aliphatic carbocycles. The van der Waals surface area contributed by atoms with Crippen LogP contribution >= 0.6 is 0 Å². The van der Waals surface area contributed by atoms with Crippen LogP contribution in [-0.2, 0) is 0 Å². The highest BCUT2D eigenvalue weighted by Crippen LogP contribution is 2.09. The molecule has 0 saturated heterocycles. The molecule has 0 spiro atoms. The number of aromatic nitrogens is 2. The van der Waals surface area contributed by atoms with Gasteiger partial charge in [0.2, 0.25) is 5.95 Å². The Hall–Kier alpha value is -1.32. The fraction of sp³-hybridized carbons (Fsp3) is 0.556. The fourth-order valence-corrected chi connectivity index (χ4v) is 1.02. The molecule has 1 aromatic rings. The summed E-state index contributed by atoms with van der Waals surface area (Å²) in [5.41, 5.74) is 0.961. The minimum Gasteiger partial charge on any atom is -0.373 e. The number of anilines is 2. The molecule has 1 heterocycles. The monoisotopic (exact) mass is 180 g/mol. The van der Waals surface area contributed by atoms with Gasteiger partial charge in [-0.1, -0.05) is 0 Å². The van der Waals surface area contributed by atoms with Crippen molar-refractivity contribution in [3.05, 3.63) is 11.8 Å². The second-order valence-electron chi connectivity index (χ2n) is 3.27. The largest absolute Gasteiger partial charge is 0.373 e. The summed E-state index contributed by atoms with van der Waals surface area (Å²) in [7, 11) is 1.85. The van der Waals surface area contributed by atoms with E-state index in [4.69, 9.17) is 0 Å². The molecule has 0 unspecified atom stereocenters. The summed E-state index contributed by atoms with van der Waals surface area (Å²) in [5, 5.41) is 6.15. The molecule has 0 saturated carbocycles. The molecule has 0 radical (unpaired) electrons. The van der Waals surface area contributed by atoms with Crippen molar-refractivity contribution in [2.45, 2.75) is 26.8 Å². The standard InChI is InChI=1S/C9H16N4/c1-6(2)11-9-12-7(3)5-8(10-4)13-9/h5-6H,1-4H3,(H2,10,11,12,13). The average Bonchev–Trinajstić information content (AvgIpc) is 2.01. The minimum absolute atomic E-state index is 0.353. The van der Waals surface area contributed by atoms with E-state index in [1.165, 1.54) is 0 Å². The first-order valence-electron chi connectivity index (χ1n) is 4.42. The van der Waals surface area contributed by atoms with Crippen LogP contribution in [0.15, 0.2) is 6.07 Å². The summed E-state index contributed by atoms with van der Waals surface area (Å²) in [6.07, 6.45) is 0. The summed E-state index contributed by atoms with van der Waals surface area (Å²) >= 11 is 0. The Kier molecular flexibility index (Phi) is 3.06. The third-order valence-electron chi connectivity index (χ3n) is 1.53. The van der Waals surface area contributed by atoms with Crippen LogP contribution in [0.4, 0.5) is 11.8 Å². The van der Waals surface area contributed by atoms with Crippen molar-refractivity contribution < 1.29 is 0 Å². The molecule has 0 aromatic carbocycles. The van der Waals surface area contributed by atoms with Gasteiger partial charge in [-0.05, 0) is 20.8 Å². The molecule has 4 nitrogen and oxygen atoms in total. The van der Waals surface area contributed by atoms with Crippen LogP contribution in [0.25, 0.3) is 0 Å². The first-order valence-corrected chi connectivity index (χ1v) is 4.42. The topological polar surface area (TPSA) is 49.8 Å². The highest BCUT2D eigenvalue weighted by Gasteiger charge is 2.01. The molecule has 0 aliphatic heterocycles. The van der Waals surface area contributed by atoms with E-state index < -0.39 is 0 Å². The van der Waals surface area contributed by atoms with Crippen LogP contribution in [0.3, 0.4) is 0 Å². The van der Waals surface area contributed by atoms with Gasteiger partial charge in [0.1, 0.15) is 5.82 Å². The summed E-state index contributed by atoms with van der Waals surface area (Å²) < 4.78 is 0.